The van der Waals surface area contributed by atoms with Crippen molar-refractivity contribution in [3.63, 3.8) is 0 Å². The van der Waals surface area contributed by atoms with Gasteiger partial charge in [0, 0.05) is 47.2 Å². The maximum atomic E-state index is 15.2. The van der Waals surface area contributed by atoms with Crippen molar-refractivity contribution in [1.29, 1.82) is 0 Å². The molecule has 0 aliphatic carbocycles. The van der Waals surface area contributed by atoms with Gasteiger partial charge in [0.05, 0.1) is 11.6 Å². The van der Waals surface area contributed by atoms with Gasteiger partial charge in [0.1, 0.15) is 59.0 Å². The highest BCUT2D eigenvalue weighted by atomic mass is 16.6. The van der Waals surface area contributed by atoms with Crippen LogP contribution in [0.5, 0.6) is 28.7 Å². The first-order chi connectivity index (χ1) is 39.9. The van der Waals surface area contributed by atoms with Crippen LogP contribution in [0.4, 0.5) is 0 Å². The predicted octanol–water partition coefficient (Wildman–Crippen LogP) is 6.13. The van der Waals surface area contributed by atoms with E-state index in [1.807, 2.05) is 27.7 Å². The molecule has 0 radical (unpaired) electrons. The van der Waals surface area contributed by atoms with Crippen molar-refractivity contribution >= 4 is 47.7 Å². The molecule has 0 bridgehead atoms. The highest BCUT2D eigenvalue weighted by Gasteiger charge is 2.55. The number of carbonyl (C=O) groups excluding carboxylic acids is 8. The molecule has 5 aromatic carbocycles. The Kier molecular flexibility index (Phi) is 21.4. The predicted molar refractivity (Wildman–Crippen MR) is 308 cm³/mol. The lowest BCUT2D eigenvalue weighted by Gasteiger charge is -2.36. The van der Waals surface area contributed by atoms with E-state index in [1.54, 1.807) is 66.7 Å². The van der Waals surface area contributed by atoms with Gasteiger partial charge in [0.15, 0.2) is 11.4 Å². The van der Waals surface area contributed by atoms with E-state index in [2.05, 4.69) is 31.9 Å². The molecule has 5 aromatic rings. The van der Waals surface area contributed by atoms with Gasteiger partial charge in [0.2, 0.25) is 35.9 Å². The first-order valence-electron chi connectivity index (χ1n) is 28.4. The van der Waals surface area contributed by atoms with Crippen LogP contribution in [-0.4, -0.2) is 106 Å². The number of Topliss-reactive ketones (excluding diaryl/α,β-unsaturated/α-hetero) is 1. The number of ketones is 1. The van der Waals surface area contributed by atoms with Gasteiger partial charge in [-0.05, 0) is 98.5 Å². The Balaban J connectivity index is 1.18. The van der Waals surface area contributed by atoms with Gasteiger partial charge in [-0.15, -0.1) is 0 Å². The van der Waals surface area contributed by atoms with Crippen LogP contribution in [0, 0.1) is 5.92 Å². The molecule has 2 heterocycles. The molecular weight excluding hydrogens is 1060 g/mol. The number of carbonyl (C=O) groups is 8. The number of benzene rings is 5. The molecule has 6 atom stereocenters. The average molecular weight is 1140 g/mol. The Bertz CT molecular complexity index is 3080. The molecule has 20 nitrogen and oxygen atoms in total. The van der Waals surface area contributed by atoms with Crippen LogP contribution in [0.15, 0.2) is 109 Å². The second kappa shape index (κ2) is 28.8. The van der Waals surface area contributed by atoms with Crippen molar-refractivity contribution in [2.24, 2.45) is 11.7 Å². The van der Waals surface area contributed by atoms with Gasteiger partial charge >= 0.3 is 5.97 Å². The molecule has 6 amide bonds. The highest BCUT2D eigenvalue weighted by molar-refractivity contribution is 6.12. The monoisotopic (exact) mass is 1140 g/mol. The van der Waals surface area contributed by atoms with Crippen molar-refractivity contribution in [2.45, 2.75) is 147 Å². The summed E-state index contributed by atoms with van der Waals surface area (Å²) < 4.78 is 12.4. The van der Waals surface area contributed by atoms with Crippen molar-refractivity contribution < 1.29 is 63.1 Å². The van der Waals surface area contributed by atoms with Crippen LogP contribution in [0.2, 0.25) is 0 Å². The van der Waals surface area contributed by atoms with E-state index < -0.39 is 83.1 Å². The minimum absolute atomic E-state index is 0.00636. The van der Waals surface area contributed by atoms with E-state index in [0.29, 0.717) is 67.2 Å². The number of hydrogen-bond acceptors (Lipinski definition) is 14. The topological polar surface area (TPSA) is 314 Å². The van der Waals surface area contributed by atoms with Crippen molar-refractivity contribution in [1.82, 2.24) is 31.9 Å². The molecule has 0 saturated heterocycles. The number of nitrogens with one attached hydrogen (secondary N) is 6. The van der Waals surface area contributed by atoms with Crippen LogP contribution in [0.25, 0.3) is 0 Å². The summed E-state index contributed by atoms with van der Waals surface area (Å²) in [6.45, 7) is 7.87. The summed E-state index contributed by atoms with van der Waals surface area (Å²) in [6.07, 6.45) is 4.32. The zero-order chi connectivity index (χ0) is 59.8. The van der Waals surface area contributed by atoms with Gasteiger partial charge < -0.3 is 62.4 Å². The molecule has 0 saturated carbocycles. The van der Waals surface area contributed by atoms with Gasteiger partial charge in [-0.25, -0.2) is 4.79 Å². The molecule has 0 aromatic heterocycles. The maximum absolute atomic E-state index is 15.2. The van der Waals surface area contributed by atoms with Crippen molar-refractivity contribution in [2.75, 3.05) is 6.54 Å². The summed E-state index contributed by atoms with van der Waals surface area (Å²) in [4.78, 5) is 113. The number of esters is 1. The number of phenolic OH excluding ortho intramolecular Hbond substituents is 3. The number of unbranched alkanes of at least 4 members (excludes halogenated alkanes) is 3. The Labute approximate surface area is 482 Å². The Morgan fingerprint density at radius 3 is 1.61 bits per heavy atom. The molecule has 83 heavy (non-hydrogen) atoms. The number of ether oxygens (including phenoxy) is 2. The number of nitrogens with two attached hydrogens (primary N) is 1. The van der Waals surface area contributed by atoms with E-state index in [-0.39, 0.29) is 90.0 Å². The second-order valence-electron chi connectivity index (χ2n) is 21.5. The van der Waals surface area contributed by atoms with Crippen LogP contribution < -0.4 is 42.4 Å². The zero-order valence-corrected chi connectivity index (χ0v) is 47.2. The lowest BCUT2D eigenvalue weighted by Crippen LogP contribution is -2.60. The van der Waals surface area contributed by atoms with Crippen LogP contribution in [-0.2, 0) is 51.9 Å². The molecule has 2 aliphatic rings. The first kappa shape index (κ1) is 61.8. The average Bonchev–Trinajstić information content (AvgIpc) is 3.31. The van der Waals surface area contributed by atoms with Crippen molar-refractivity contribution in [3.05, 3.63) is 148 Å². The fourth-order valence-electron chi connectivity index (χ4n) is 10.6. The van der Waals surface area contributed by atoms with Crippen LogP contribution in [0.3, 0.4) is 0 Å². The fraction of sp³-hybridized carbons (Fsp3) is 0.397. The molecule has 1 spiro atoms. The molecule has 440 valence electrons. The van der Waals surface area contributed by atoms with Crippen LogP contribution in [0.1, 0.15) is 140 Å². The lowest BCUT2D eigenvalue weighted by molar-refractivity contribution is -0.135. The van der Waals surface area contributed by atoms with E-state index in [1.165, 1.54) is 42.5 Å². The summed E-state index contributed by atoms with van der Waals surface area (Å²) >= 11 is 0. The second-order valence-corrected chi connectivity index (χ2v) is 21.5. The molecular formula is C63H75N7O13. The largest absolute Gasteiger partial charge is 0.508 e. The summed E-state index contributed by atoms with van der Waals surface area (Å²) in [5.41, 5.74) is 6.22. The maximum Gasteiger partial charge on any atom is 0.340 e. The fourth-order valence-corrected chi connectivity index (χ4v) is 10.6. The Hall–Kier alpha value is -8.78. The number of hydrogen-bond donors (Lipinski definition) is 10. The van der Waals surface area contributed by atoms with Gasteiger partial charge in [-0.1, -0.05) is 114 Å². The zero-order valence-electron chi connectivity index (χ0n) is 47.2. The number of aromatic hydroxyl groups is 3. The normalized spacial score (nSPS) is 14.8. The number of phenols is 3. The van der Waals surface area contributed by atoms with Crippen molar-refractivity contribution in [3.8, 4) is 28.7 Å². The summed E-state index contributed by atoms with van der Waals surface area (Å²) in [6, 6.07) is 21.0. The van der Waals surface area contributed by atoms with Crippen LogP contribution >= 0.6 is 0 Å². The van der Waals surface area contributed by atoms with E-state index in [9.17, 15) is 48.9 Å². The molecule has 2 aliphatic heterocycles. The number of rotatable bonds is 30. The molecule has 0 unspecified atom stereocenters. The van der Waals surface area contributed by atoms with Gasteiger partial charge in [-0.3, -0.25) is 33.6 Å². The number of fused-ring (bicyclic) bond motifs is 6. The molecule has 20 heteroatoms. The SMILES string of the molecule is CCCC[C@H](NC=O)C(=O)N[C@@H](CC(C)C)C(=O)N[C@@H](Cc1ccccc1)C(=O)N[C@@H](CCCC)C(=O)N[C@@H](Cc1ccc(O)cc1)C(=O)N[C@@H](CCCCN)C(=O)c1cccc2c1C(=O)OC21c2ccc(O)cc2Oc2cc(O)ccc21. The minimum atomic E-state index is -1.69. The van der Waals surface area contributed by atoms with Gasteiger partial charge in [0.25, 0.3) is 0 Å². The third-order valence-electron chi connectivity index (χ3n) is 14.8. The highest BCUT2D eigenvalue weighted by Crippen LogP contribution is 2.57. The van der Waals surface area contributed by atoms with E-state index in [0.717, 1.165) is 6.42 Å². The third kappa shape index (κ3) is 15.2. The molecule has 11 N–H and O–H groups in total. The summed E-state index contributed by atoms with van der Waals surface area (Å²) in [5, 5.41) is 47.8. The first-order valence-corrected chi connectivity index (χ1v) is 28.4. The minimum Gasteiger partial charge on any atom is -0.508 e. The summed E-state index contributed by atoms with van der Waals surface area (Å²) in [7, 11) is 0. The third-order valence-corrected chi connectivity index (χ3v) is 14.8. The Morgan fingerprint density at radius 1 is 0.554 bits per heavy atom. The standard InChI is InChI=1S/C63H75N7O13/c1-5-7-19-48(65-36-71)57(76)68-50(31-37(3)4)59(78)70-51(32-38-15-10-9-11-16-38)61(80)67-49(20-8-6-2)58(77)69-52(33-39-22-24-40(72)25-23-39)60(79)66-47(21-12-13-30-64)56(75)43-17-14-18-46-55(43)62(81)83-63(46)44-28-26-41(73)34-53(44)82-54-35-42(74)27-29-45(54)63/h9-11,14-18,22-29,34-37,47-52,72-74H,5-8,12-13,19-21,30-33,64H2,1-4H3,(H,65,71)(H,66,79)(H,67,80)(H,68,76)(H,69,77)(H,70,78)/t47-,48-,49-,50-,51-,52-/m0/s1. The number of amides is 6. The quantitative estimate of drug-likeness (QED) is 0.0107. The lowest BCUT2D eigenvalue weighted by atomic mass is 9.76. The molecule has 0 fully saturated rings. The smallest absolute Gasteiger partial charge is 0.340 e. The van der Waals surface area contributed by atoms with E-state index in [4.69, 9.17) is 15.2 Å². The summed E-state index contributed by atoms with van der Waals surface area (Å²) in [5.74, 6) is -5.10. The Morgan fingerprint density at radius 2 is 1.05 bits per heavy atom. The molecule has 7 rings (SSSR count). The van der Waals surface area contributed by atoms with E-state index >= 15 is 4.79 Å². The van der Waals surface area contributed by atoms with Gasteiger partial charge in [-0.2, -0.15) is 0 Å².